The zero-order valence-corrected chi connectivity index (χ0v) is 20.8. The lowest BCUT2D eigenvalue weighted by atomic mass is 9.99. The molecule has 2 aromatic carbocycles. The quantitative estimate of drug-likeness (QED) is 0.566. The molecule has 7 nitrogen and oxygen atoms in total. The molecule has 2 aliphatic rings. The molecule has 1 amide bonds. The van der Waals surface area contributed by atoms with Crippen molar-refractivity contribution in [3.63, 3.8) is 0 Å². The van der Waals surface area contributed by atoms with Crippen molar-refractivity contribution in [3.05, 3.63) is 59.7 Å². The molecule has 0 radical (unpaired) electrons. The molecule has 8 heteroatoms. The third-order valence-electron chi connectivity index (χ3n) is 6.79. The van der Waals surface area contributed by atoms with Crippen LogP contribution >= 0.6 is 0 Å². The number of piperazine rings is 1. The van der Waals surface area contributed by atoms with Crippen LogP contribution in [0.15, 0.2) is 53.4 Å². The smallest absolute Gasteiger partial charge is 0.253 e. The van der Waals surface area contributed by atoms with E-state index in [1.54, 1.807) is 41.3 Å². The molecule has 34 heavy (non-hydrogen) atoms. The van der Waals surface area contributed by atoms with Crippen molar-refractivity contribution in [1.82, 2.24) is 9.21 Å². The maximum atomic E-state index is 13.1. The van der Waals surface area contributed by atoms with E-state index in [9.17, 15) is 13.2 Å². The van der Waals surface area contributed by atoms with Crippen LogP contribution in [0.1, 0.15) is 54.9 Å². The van der Waals surface area contributed by atoms with E-state index in [4.69, 9.17) is 9.47 Å². The van der Waals surface area contributed by atoms with E-state index < -0.39 is 10.0 Å². The molecule has 2 atom stereocenters. The summed E-state index contributed by atoms with van der Waals surface area (Å²) in [5.74, 6) is 1.01. The Morgan fingerprint density at radius 3 is 2.32 bits per heavy atom. The molecule has 2 heterocycles. The number of nitrogens with zero attached hydrogens (tertiary/aromatic N) is 2. The summed E-state index contributed by atoms with van der Waals surface area (Å²) in [6.07, 6.45) is 3.24. The monoisotopic (exact) mass is 486 g/mol. The summed E-state index contributed by atoms with van der Waals surface area (Å²) >= 11 is 0. The van der Waals surface area contributed by atoms with Gasteiger partial charge in [-0.1, -0.05) is 26.0 Å². The highest BCUT2D eigenvalue weighted by Crippen LogP contribution is 2.24. The molecule has 0 saturated carbocycles. The molecule has 0 spiro atoms. The van der Waals surface area contributed by atoms with E-state index in [0.717, 1.165) is 31.4 Å². The summed E-state index contributed by atoms with van der Waals surface area (Å²) in [5.41, 5.74) is 1.71. The van der Waals surface area contributed by atoms with Crippen LogP contribution in [0.3, 0.4) is 0 Å². The van der Waals surface area contributed by atoms with Crippen LogP contribution in [0.5, 0.6) is 5.75 Å². The predicted molar refractivity (Wildman–Crippen MR) is 131 cm³/mol. The molecule has 0 N–H and O–H groups in total. The third kappa shape index (κ3) is 5.62. The molecular weight excluding hydrogens is 452 g/mol. The van der Waals surface area contributed by atoms with Gasteiger partial charge in [-0.15, -0.1) is 0 Å². The van der Waals surface area contributed by atoms with E-state index in [0.29, 0.717) is 41.8 Å². The van der Waals surface area contributed by atoms with Gasteiger partial charge in [-0.25, -0.2) is 8.42 Å². The first-order valence-corrected chi connectivity index (χ1v) is 13.6. The summed E-state index contributed by atoms with van der Waals surface area (Å²) in [6.45, 7) is 6.84. The van der Waals surface area contributed by atoms with Gasteiger partial charge in [0.15, 0.2) is 0 Å². The number of carbonyl (C=O) groups excluding carboxylic acids is 1. The number of hydrogen-bond acceptors (Lipinski definition) is 5. The zero-order valence-electron chi connectivity index (χ0n) is 20.0. The Kier molecular flexibility index (Phi) is 7.91. The van der Waals surface area contributed by atoms with Crippen LogP contribution in [-0.4, -0.2) is 69.0 Å². The third-order valence-corrected chi connectivity index (χ3v) is 8.70. The molecule has 2 aliphatic heterocycles. The highest BCUT2D eigenvalue weighted by molar-refractivity contribution is 7.89. The second-order valence-electron chi connectivity index (χ2n) is 9.05. The van der Waals surface area contributed by atoms with E-state index in [1.807, 2.05) is 12.1 Å². The molecular formula is C26H34N2O5S. The standard InChI is InChI=1S/C26H34N2O5S/c1-3-20(2)21-8-12-25(13-9-21)34(30,31)28-16-14-27(15-17-28)26(29)22-6-10-23(11-7-22)33-19-24-5-4-18-32-24/h6-13,20,24H,3-5,14-19H2,1-2H3. The average Bonchev–Trinajstić information content (AvgIpc) is 3.41. The van der Waals surface area contributed by atoms with Crippen LogP contribution in [0.25, 0.3) is 0 Å². The van der Waals surface area contributed by atoms with Crippen molar-refractivity contribution in [1.29, 1.82) is 0 Å². The Balaban J connectivity index is 1.31. The Hall–Kier alpha value is -2.42. The molecule has 4 rings (SSSR count). The van der Waals surface area contributed by atoms with Gasteiger partial charge in [-0.05, 0) is 67.1 Å². The summed E-state index contributed by atoms with van der Waals surface area (Å²) in [7, 11) is -3.58. The van der Waals surface area contributed by atoms with E-state index in [2.05, 4.69) is 13.8 Å². The van der Waals surface area contributed by atoms with Gasteiger partial charge >= 0.3 is 0 Å². The normalized spacial score (nSPS) is 20.3. The Labute approximate surface area is 202 Å². The summed E-state index contributed by atoms with van der Waals surface area (Å²) < 4.78 is 39.0. The predicted octanol–water partition coefficient (Wildman–Crippen LogP) is 3.90. The molecule has 184 valence electrons. The van der Waals surface area contributed by atoms with Crippen molar-refractivity contribution in [2.75, 3.05) is 39.4 Å². The highest BCUT2D eigenvalue weighted by atomic mass is 32.2. The van der Waals surface area contributed by atoms with Gasteiger partial charge in [0.25, 0.3) is 5.91 Å². The SMILES string of the molecule is CCC(C)c1ccc(S(=O)(=O)N2CCN(C(=O)c3ccc(OCC4CCCO4)cc3)CC2)cc1. The number of sulfonamides is 1. The Bertz CT molecular complexity index is 1060. The fraction of sp³-hybridized carbons (Fsp3) is 0.500. The van der Waals surface area contributed by atoms with Gasteiger partial charge in [0.1, 0.15) is 12.4 Å². The number of hydrogen-bond donors (Lipinski definition) is 0. The fourth-order valence-corrected chi connectivity index (χ4v) is 5.75. The lowest BCUT2D eigenvalue weighted by Crippen LogP contribution is -2.50. The first-order valence-electron chi connectivity index (χ1n) is 12.1. The van der Waals surface area contributed by atoms with Gasteiger partial charge in [0.05, 0.1) is 11.0 Å². The second-order valence-corrected chi connectivity index (χ2v) is 11.0. The number of carbonyl (C=O) groups is 1. The van der Waals surface area contributed by atoms with Gasteiger partial charge < -0.3 is 14.4 Å². The van der Waals surface area contributed by atoms with E-state index >= 15 is 0 Å². The van der Waals surface area contributed by atoms with Gasteiger partial charge in [0.2, 0.25) is 10.0 Å². The lowest BCUT2D eigenvalue weighted by molar-refractivity contribution is 0.0676. The molecule has 0 aliphatic carbocycles. The second kappa shape index (κ2) is 10.9. The van der Waals surface area contributed by atoms with Gasteiger partial charge in [-0.2, -0.15) is 4.31 Å². The van der Waals surface area contributed by atoms with Crippen molar-refractivity contribution >= 4 is 15.9 Å². The molecule has 2 aromatic rings. The van der Waals surface area contributed by atoms with Crippen LogP contribution in [0.2, 0.25) is 0 Å². The molecule has 2 fully saturated rings. The van der Waals surface area contributed by atoms with Crippen LogP contribution in [-0.2, 0) is 14.8 Å². The van der Waals surface area contributed by atoms with E-state index in [1.165, 1.54) is 4.31 Å². The first kappa shape index (κ1) is 24.7. The minimum absolute atomic E-state index is 0.0966. The van der Waals surface area contributed by atoms with Crippen molar-refractivity contribution in [3.8, 4) is 5.75 Å². The fourth-order valence-electron chi connectivity index (χ4n) is 4.33. The Morgan fingerprint density at radius 2 is 1.74 bits per heavy atom. The highest BCUT2D eigenvalue weighted by Gasteiger charge is 2.30. The molecule has 2 unspecified atom stereocenters. The largest absolute Gasteiger partial charge is 0.491 e. The minimum atomic E-state index is -3.58. The van der Waals surface area contributed by atoms with Crippen molar-refractivity contribution in [2.24, 2.45) is 0 Å². The topological polar surface area (TPSA) is 76.2 Å². The first-order chi connectivity index (χ1) is 16.4. The summed E-state index contributed by atoms with van der Waals surface area (Å²) in [5, 5.41) is 0. The van der Waals surface area contributed by atoms with Gasteiger partial charge in [0, 0.05) is 38.3 Å². The molecule has 0 aromatic heterocycles. The van der Waals surface area contributed by atoms with Crippen LogP contribution < -0.4 is 4.74 Å². The number of rotatable bonds is 8. The maximum Gasteiger partial charge on any atom is 0.253 e. The average molecular weight is 487 g/mol. The molecule has 0 bridgehead atoms. The zero-order chi connectivity index (χ0) is 24.1. The van der Waals surface area contributed by atoms with Gasteiger partial charge in [-0.3, -0.25) is 4.79 Å². The Morgan fingerprint density at radius 1 is 1.06 bits per heavy atom. The van der Waals surface area contributed by atoms with Crippen molar-refractivity contribution < 1.29 is 22.7 Å². The van der Waals surface area contributed by atoms with E-state index in [-0.39, 0.29) is 25.1 Å². The summed E-state index contributed by atoms with van der Waals surface area (Å²) in [6, 6.07) is 14.3. The number of benzene rings is 2. The number of amides is 1. The molecule has 2 saturated heterocycles. The minimum Gasteiger partial charge on any atom is -0.491 e. The number of ether oxygens (including phenoxy) is 2. The maximum absolute atomic E-state index is 13.1. The lowest BCUT2D eigenvalue weighted by Gasteiger charge is -2.34. The van der Waals surface area contributed by atoms with Crippen molar-refractivity contribution in [2.45, 2.75) is 50.0 Å². The van der Waals surface area contributed by atoms with Crippen LogP contribution in [0, 0.1) is 0 Å². The van der Waals surface area contributed by atoms with Crippen LogP contribution in [0.4, 0.5) is 0 Å². The summed E-state index contributed by atoms with van der Waals surface area (Å²) in [4.78, 5) is 14.9.